The van der Waals surface area contributed by atoms with E-state index in [1.807, 2.05) is 0 Å². The molecule has 0 unspecified atom stereocenters. The van der Waals surface area contributed by atoms with Crippen molar-refractivity contribution in [2.24, 2.45) is 0 Å². The third-order valence-electron chi connectivity index (χ3n) is 2.53. The molecule has 0 radical (unpaired) electrons. The van der Waals surface area contributed by atoms with Gasteiger partial charge in [-0.1, -0.05) is 6.08 Å². The molecule has 4 N–H and O–H groups in total. The molecule has 0 saturated heterocycles. The van der Waals surface area contributed by atoms with E-state index < -0.39 is 16.0 Å². The van der Waals surface area contributed by atoms with Crippen molar-refractivity contribution in [3.63, 3.8) is 0 Å². The standard InChI is InChI=1S/C13H18N2O5S/c1-2-3-7-20-8-6-15-21(18,19)12-9-10(14)4-5-11(12)13(16)17/h2,4-5,9,15H,1,3,6-8,14H2,(H,16,17). The lowest BCUT2D eigenvalue weighted by Crippen LogP contribution is -2.29. The van der Waals surface area contributed by atoms with E-state index in [9.17, 15) is 13.2 Å². The van der Waals surface area contributed by atoms with Gasteiger partial charge in [-0.2, -0.15) is 0 Å². The first-order chi connectivity index (χ1) is 9.88. The second kappa shape index (κ2) is 7.77. The zero-order valence-electron chi connectivity index (χ0n) is 11.4. The molecule has 0 spiro atoms. The molecule has 0 heterocycles. The maximum Gasteiger partial charge on any atom is 0.337 e. The van der Waals surface area contributed by atoms with Crippen LogP contribution >= 0.6 is 0 Å². The van der Waals surface area contributed by atoms with Crippen LogP contribution in [0.5, 0.6) is 0 Å². The minimum absolute atomic E-state index is 0.0351. The van der Waals surface area contributed by atoms with Gasteiger partial charge in [0.2, 0.25) is 10.0 Å². The van der Waals surface area contributed by atoms with E-state index in [1.54, 1.807) is 6.08 Å². The van der Waals surface area contributed by atoms with Crippen LogP contribution in [0.25, 0.3) is 0 Å². The van der Waals surface area contributed by atoms with Crippen molar-refractivity contribution in [1.29, 1.82) is 0 Å². The zero-order chi connectivity index (χ0) is 15.9. The lowest BCUT2D eigenvalue weighted by molar-refractivity contribution is 0.0692. The van der Waals surface area contributed by atoms with Crippen LogP contribution in [-0.4, -0.2) is 39.3 Å². The first kappa shape index (κ1) is 17.2. The Morgan fingerprint density at radius 3 is 2.76 bits per heavy atom. The molecule has 7 nitrogen and oxygen atoms in total. The minimum Gasteiger partial charge on any atom is -0.478 e. The number of carbonyl (C=O) groups is 1. The van der Waals surface area contributed by atoms with Crippen LogP contribution in [0.15, 0.2) is 35.7 Å². The fourth-order valence-corrected chi connectivity index (χ4v) is 2.78. The molecule has 0 aliphatic rings. The van der Waals surface area contributed by atoms with Gasteiger partial charge < -0.3 is 15.6 Å². The Bertz CT molecular complexity index is 613. The van der Waals surface area contributed by atoms with Gasteiger partial charge in [-0.3, -0.25) is 0 Å². The monoisotopic (exact) mass is 314 g/mol. The first-order valence-corrected chi connectivity index (χ1v) is 7.68. The number of nitrogens with two attached hydrogens (primary N) is 1. The van der Waals surface area contributed by atoms with Gasteiger partial charge in [0.05, 0.1) is 23.7 Å². The second-order valence-corrected chi connectivity index (χ2v) is 5.88. The van der Waals surface area contributed by atoms with Crippen LogP contribution < -0.4 is 10.5 Å². The summed E-state index contributed by atoms with van der Waals surface area (Å²) >= 11 is 0. The Morgan fingerprint density at radius 1 is 1.43 bits per heavy atom. The lowest BCUT2D eigenvalue weighted by Gasteiger charge is -2.10. The maximum atomic E-state index is 12.1. The Kier molecular flexibility index (Phi) is 6.35. The number of hydrogen-bond acceptors (Lipinski definition) is 5. The number of carboxylic acid groups (broad SMARTS) is 1. The third kappa shape index (κ3) is 5.18. The molecule has 21 heavy (non-hydrogen) atoms. The van der Waals surface area contributed by atoms with Crippen LogP contribution in [0.4, 0.5) is 5.69 Å². The van der Waals surface area contributed by atoms with Crippen LogP contribution in [-0.2, 0) is 14.8 Å². The highest BCUT2D eigenvalue weighted by molar-refractivity contribution is 7.89. The summed E-state index contributed by atoms with van der Waals surface area (Å²) in [7, 11) is -3.96. The maximum absolute atomic E-state index is 12.1. The summed E-state index contributed by atoms with van der Waals surface area (Å²) in [5, 5.41) is 9.02. The number of nitrogen functional groups attached to an aromatic ring is 1. The van der Waals surface area contributed by atoms with Gasteiger partial charge in [-0.25, -0.2) is 17.9 Å². The summed E-state index contributed by atoms with van der Waals surface area (Å²) in [4.78, 5) is 10.7. The molecular formula is C13H18N2O5S. The number of hydrogen-bond donors (Lipinski definition) is 3. The van der Waals surface area contributed by atoms with E-state index in [0.717, 1.165) is 12.1 Å². The predicted molar refractivity (Wildman–Crippen MR) is 78.6 cm³/mol. The van der Waals surface area contributed by atoms with Crippen LogP contribution in [0.2, 0.25) is 0 Å². The highest BCUT2D eigenvalue weighted by atomic mass is 32.2. The lowest BCUT2D eigenvalue weighted by atomic mass is 10.2. The Labute approximate surface area is 123 Å². The molecule has 0 amide bonds. The average Bonchev–Trinajstić information content (AvgIpc) is 2.42. The van der Waals surface area contributed by atoms with E-state index in [4.69, 9.17) is 15.6 Å². The van der Waals surface area contributed by atoms with E-state index in [1.165, 1.54) is 6.07 Å². The van der Waals surface area contributed by atoms with Crippen molar-refractivity contribution in [2.75, 3.05) is 25.5 Å². The summed E-state index contributed by atoms with van der Waals surface area (Å²) in [6.45, 7) is 4.19. The highest BCUT2D eigenvalue weighted by Gasteiger charge is 2.22. The Balaban J connectivity index is 2.76. The summed E-state index contributed by atoms with van der Waals surface area (Å²) in [5.41, 5.74) is 5.35. The van der Waals surface area contributed by atoms with Crippen molar-refractivity contribution >= 4 is 21.7 Å². The largest absolute Gasteiger partial charge is 0.478 e. The van der Waals surface area contributed by atoms with Crippen molar-refractivity contribution in [1.82, 2.24) is 4.72 Å². The van der Waals surface area contributed by atoms with Gasteiger partial charge in [0, 0.05) is 12.2 Å². The second-order valence-electron chi connectivity index (χ2n) is 4.15. The first-order valence-electron chi connectivity index (χ1n) is 6.19. The van der Waals surface area contributed by atoms with Gasteiger partial charge in [0.1, 0.15) is 0 Å². The summed E-state index contributed by atoms with van der Waals surface area (Å²) < 4.78 is 31.6. The molecule has 0 aliphatic carbocycles. The Hall–Kier alpha value is -1.90. The van der Waals surface area contributed by atoms with E-state index in [2.05, 4.69) is 11.3 Å². The number of benzene rings is 1. The molecule has 0 fully saturated rings. The molecule has 1 aromatic carbocycles. The number of carboxylic acids is 1. The number of ether oxygens (including phenoxy) is 1. The summed E-state index contributed by atoms with van der Waals surface area (Å²) in [5.74, 6) is -1.34. The minimum atomic E-state index is -3.96. The fraction of sp³-hybridized carbons (Fsp3) is 0.308. The summed E-state index contributed by atoms with van der Waals surface area (Å²) in [6, 6.07) is 3.61. The number of nitrogens with one attached hydrogen (secondary N) is 1. The number of sulfonamides is 1. The Morgan fingerprint density at radius 2 is 2.14 bits per heavy atom. The van der Waals surface area contributed by atoms with E-state index >= 15 is 0 Å². The van der Waals surface area contributed by atoms with Crippen LogP contribution in [0.1, 0.15) is 16.8 Å². The predicted octanol–water partition coefficient (Wildman–Crippen LogP) is 0.838. The van der Waals surface area contributed by atoms with Crippen molar-refractivity contribution in [3.05, 3.63) is 36.4 Å². The van der Waals surface area contributed by atoms with Gasteiger partial charge in [-0.15, -0.1) is 6.58 Å². The van der Waals surface area contributed by atoms with Crippen molar-refractivity contribution in [3.8, 4) is 0 Å². The molecule has 8 heteroatoms. The normalized spacial score (nSPS) is 11.2. The summed E-state index contributed by atoms with van der Waals surface area (Å²) in [6.07, 6.45) is 2.36. The van der Waals surface area contributed by atoms with E-state index in [0.29, 0.717) is 13.0 Å². The molecule has 0 atom stereocenters. The quantitative estimate of drug-likeness (QED) is 0.353. The highest BCUT2D eigenvalue weighted by Crippen LogP contribution is 2.19. The third-order valence-corrected chi connectivity index (χ3v) is 4.03. The van der Waals surface area contributed by atoms with Crippen molar-refractivity contribution < 1.29 is 23.1 Å². The average molecular weight is 314 g/mol. The number of rotatable bonds is 9. The fourth-order valence-electron chi connectivity index (χ4n) is 1.53. The molecular weight excluding hydrogens is 296 g/mol. The molecule has 0 saturated carbocycles. The molecule has 1 rings (SSSR count). The van der Waals surface area contributed by atoms with Gasteiger partial charge >= 0.3 is 5.97 Å². The van der Waals surface area contributed by atoms with Gasteiger partial charge in [0.15, 0.2) is 0 Å². The van der Waals surface area contributed by atoms with Crippen LogP contribution in [0, 0.1) is 0 Å². The topological polar surface area (TPSA) is 119 Å². The SMILES string of the molecule is C=CCCOCCNS(=O)(=O)c1cc(N)ccc1C(=O)O. The molecule has 0 bridgehead atoms. The molecule has 1 aromatic rings. The van der Waals surface area contributed by atoms with Crippen LogP contribution in [0.3, 0.4) is 0 Å². The van der Waals surface area contributed by atoms with Gasteiger partial charge in [-0.05, 0) is 24.6 Å². The van der Waals surface area contributed by atoms with Crippen molar-refractivity contribution in [2.45, 2.75) is 11.3 Å². The smallest absolute Gasteiger partial charge is 0.337 e. The van der Waals surface area contributed by atoms with E-state index in [-0.39, 0.29) is 29.3 Å². The zero-order valence-corrected chi connectivity index (χ0v) is 12.2. The van der Waals surface area contributed by atoms with Gasteiger partial charge in [0.25, 0.3) is 0 Å². The number of anilines is 1. The molecule has 116 valence electrons. The number of aromatic carboxylic acids is 1. The molecule has 0 aliphatic heterocycles. The molecule has 0 aromatic heterocycles.